The molecule has 0 aliphatic heterocycles. The summed E-state index contributed by atoms with van der Waals surface area (Å²) in [5.74, 6) is 0. The Kier molecular flexibility index (Phi) is 5.12. The van der Waals surface area contributed by atoms with Crippen LogP contribution in [0.1, 0.15) is 38.3 Å². The third kappa shape index (κ3) is 4.93. The van der Waals surface area contributed by atoms with Gasteiger partial charge in [-0.3, -0.25) is 0 Å². The molecule has 0 aromatic heterocycles. The van der Waals surface area contributed by atoms with E-state index in [4.69, 9.17) is 5.11 Å². The quantitative estimate of drug-likeness (QED) is 0.869. The minimum absolute atomic E-state index is 0.0557. The highest BCUT2D eigenvalue weighted by molar-refractivity contribution is 7.89. The Hall–Kier alpha value is -0.910. The highest BCUT2D eigenvalue weighted by atomic mass is 32.2. The van der Waals surface area contributed by atoms with E-state index in [1.54, 1.807) is 12.1 Å². The predicted octanol–water partition coefficient (Wildman–Crippen LogP) is 2.00. The molecule has 0 unspecified atom stereocenters. The van der Waals surface area contributed by atoms with E-state index in [9.17, 15) is 8.42 Å². The lowest BCUT2D eigenvalue weighted by molar-refractivity contribution is 0.288. The van der Waals surface area contributed by atoms with Gasteiger partial charge in [-0.05, 0) is 52.2 Å². The van der Waals surface area contributed by atoms with Crippen molar-refractivity contribution in [3.05, 3.63) is 29.3 Å². The van der Waals surface area contributed by atoms with E-state index in [1.165, 1.54) is 0 Å². The van der Waals surface area contributed by atoms with E-state index in [0.29, 0.717) is 17.7 Å². The van der Waals surface area contributed by atoms with Crippen LogP contribution in [0, 0.1) is 6.92 Å². The number of sulfonamides is 1. The molecule has 0 radical (unpaired) electrons. The fraction of sp³-hybridized carbons (Fsp3) is 0.571. The van der Waals surface area contributed by atoms with Gasteiger partial charge in [0.1, 0.15) is 0 Å². The average Bonchev–Trinajstić information content (AvgIpc) is 2.22. The SMILES string of the molecule is Cc1ccc(S(=O)(=O)NC(C)(C)C)c(CCCO)c1. The molecule has 0 atom stereocenters. The van der Waals surface area contributed by atoms with Gasteiger partial charge in [0.2, 0.25) is 10.0 Å². The molecule has 1 aromatic carbocycles. The second-order valence-corrected chi connectivity index (χ2v) is 7.44. The van der Waals surface area contributed by atoms with Gasteiger partial charge < -0.3 is 5.11 Å². The van der Waals surface area contributed by atoms with Crippen molar-refractivity contribution in [1.82, 2.24) is 4.72 Å². The van der Waals surface area contributed by atoms with E-state index in [2.05, 4.69) is 4.72 Å². The summed E-state index contributed by atoms with van der Waals surface area (Å²) in [6.45, 7) is 7.42. The van der Waals surface area contributed by atoms with Gasteiger partial charge in [0.05, 0.1) is 4.90 Å². The van der Waals surface area contributed by atoms with E-state index in [1.807, 2.05) is 33.8 Å². The Labute approximate surface area is 115 Å². The molecule has 0 aliphatic carbocycles. The number of hydrogen-bond donors (Lipinski definition) is 2. The first-order valence-electron chi connectivity index (χ1n) is 6.40. The Bertz CT molecular complexity index is 530. The molecular formula is C14H23NO3S. The van der Waals surface area contributed by atoms with Crippen LogP contribution in [0.2, 0.25) is 0 Å². The lowest BCUT2D eigenvalue weighted by Gasteiger charge is -2.21. The normalized spacial score (nSPS) is 12.7. The molecule has 0 heterocycles. The first kappa shape index (κ1) is 16.1. The summed E-state index contributed by atoms with van der Waals surface area (Å²) < 4.78 is 27.4. The zero-order valence-corrected chi connectivity index (χ0v) is 12.8. The molecule has 0 fully saturated rings. The van der Waals surface area contributed by atoms with Crippen LogP contribution >= 0.6 is 0 Å². The maximum atomic E-state index is 12.4. The van der Waals surface area contributed by atoms with Gasteiger partial charge in [0.15, 0.2) is 0 Å². The van der Waals surface area contributed by atoms with Crippen LogP contribution in [0.25, 0.3) is 0 Å². The Balaban J connectivity index is 3.18. The number of benzene rings is 1. The third-order valence-electron chi connectivity index (χ3n) is 2.55. The summed E-state index contributed by atoms with van der Waals surface area (Å²) in [4.78, 5) is 0.307. The van der Waals surface area contributed by atoms with Gasteiger partial charge in [0.25, 0.3) is 0 Å². The van der Waals surface area contributed by atoms with Gasteiger partial charge in [-0.1, -0.05) is 17.7 Å². The molecule has 1 rings (SSSR count). The Morgan fingerprint density at radius 2 is 1.89 bits per heavy atom. The summed E-state index contributed by atoms with van der Waals surface area (Å²) in [7, 11) is -3.53. The first-order chi connectivity index (χ1) is 8.65. The molecule has 0 spiro atoms. The number of nitrogens with one attached hydrogen (secondary N) is 1. The van der Waals surface area contributed by atoms with Crippen LogP contribution in [0.4, 0.5) is 0 Å². The lowest BCUT2D eigenvalue weighted by atomic mass is 10.1. The summed E-state index contributed by atoms with van der Waals surface area (Å²) in [6.07, 6.45) is 1.11. The summed E-state index contributed by atoms with van der Waals surface area (Å²) in [5, 5.41) is 8.91. The Morgan fingerprint density at radius 3 is 2.42 bits per heavy atom. The van der Waals surface area contributed by atoms with Gasteiger partial charge in [-0.25, -0.2) is 13.1 Å². The fourth-order valence-corrected chi connectivity index (χ4v) is 3.56. The van der Waals surface area contributed by atoms with E-state index in [-0.39, 0.29) is 6.61 Å². The van der Waals surface area contributed by atoms with E-state index >= 15 is 0 Å². The van der Waals surface area contributed by atoms with Crippen molar-refractivity contribution in [2.75, 3.05) is 6.61 Å². The number of aliphatic hydroxyl groups excluding tert-OH is 1. The zero-order chi connectivity index (χ0) is 14.7. The molecule has 0 amide bonds. The van der Waals surface area contributed by atoms with Crippen molar-refractivity contribution >= 4 is 10.0 Å². The van der Waals surface area contributed by atoms with Crippen molar-refractivity contribution in [3.63, 3.8) is 0 Å². The minimum atomic E-state index is -3.53. The lowest BCUT2D eigenvalue weighted by Crippen LogP contribution is -2.40. The van der Waals surface area contributed by atoms with Crippen LogP contribution in [0.15, 0.2) is 23.1 Å². The zero-order valence-electron chi connectivity index (χ0n) is 12.0. The number of rotatable bonds is 5. The van der Waals surface area contributed by atoms with Crippen LogP contribution in [-0.2, 0) is 16.4 Å². The molecule has 0 saturated carbocycles. The Morgan fingerprint density at radius 1 is 1.26 bits per heavy atom. The van der Waals surface area contributed by atoms with E-state index in [0.717, 1.165) is 11.1 Å². The molecule has 108 valence electrons. The summed E-state index contributed by atoms with van der Waals surface area (Å²) >= 11 is 0. The topological polar surface area (TPSA) is 66.4 Å². The highest BCUT2D eigenvalue weighted by Gasteiger charge is 2.24. The maximum Gasteiger partial charge on any atom is 0.241 e. The smallest absolute Gasteiger partial charge is 0.241 e. The molecule has 5 heteroatoms. The minimum Gasteiger partial charge on any atom is -0.396 e. The molecule has 19 heavy (non-hydrogen) atoms. The monoisotopic (exact) mass is 285 g/mol. The van der Waals surface area contributed by atoms with Crippen LogP contribution in [0.3, 0.4) is 0 Å². The molecule has 4 nitrogen and oxygen atoms in total. The second kappa shape index (κ2) is 6.03. The second-order valence-electron chi connectivity index (χ2n) is 5.79. The van der Waals surface area contributed by atoms with Crippen molar-refractivity contribution in [2.45, 2.75) is 51.0 Å². The highest BCUT2D eigenvalue weighted by Crippen LogP contribution is 2.20. The third-order valence-corrected chi connectivity index (χ3v) is 4.41. The number of aryl methyl sites for hydroxylation is 2. The molecule has 1 aromatic rings. The maximum absolute atomic E-state index is 12.4. The van der Waals surface area contributed by atoms with Gasteiger partial charge in [-0.15, -0.1) is 0 Å². The fourth-order valence-electron chi connectivity index (χ4n) is 1.89. The van der Waals surface area contributed by atoms with Crippen LogP contribution in [-0.4, -0.2) is 25.7 Å². The molecule has 2 N–H and O–H groups in total. The van der Waals surface area contributed by atoms with Crippen LogP contribution < -0.4 is 4.72 Å². The van der Waals surface area contributed by atoms with Crippen molar-refractivity contribution < 1.29 is 13.5 Å². The summed E-state index contributed by atoms with van der Waals surface area (Å²) in [5.41, 5.74) is 1.26. The van der Waals surface area contributed by atoms with Crippen LogP contribution in [0.5, 0.6) is 0 Å². The average molecular weight is 285 g/mol. The summed E-state index contributed by atoms with van der Waals surface area (Å²) in [6, 6.07) is 5.29. The van der Waals surface area contributed by atoms with Crippen molar-refractivity contribution in [3.8, 4) is 0 Å². The van der Waals surface area contributed by atoms with Gasteiger partial charge in [-0.2, -0.15) is 0 Å². The number of hydrogen-bond acceptors (Lipinski definition) is 3. The predicted molar refractivity (Wildman–Crippen MR) is 76.7 cm³/mol. The van der Waals surface area contributed by atoms with E-state index < -0.39 is 15.6 Å². The molecule has 0 bridgehead atoms. The molecule has 0 saturated heterocycles. The standard InChI is InChI=1S/C14H23NO3S/c1-11-7-8-13(12(10-11)6-5-9-16)19(17,18)15-14(2,3)4/h7-8,10,15-16H,5-6,9H2,1-4H3. The largest absolute Gasteiger partial charge is 0.396 e. The van der Waals surface area contributed by atoms with Gasteiger partial charge in [0, 0.05) is 12.1 Å². The van der Waals surface area contributed by atoms with Crippen molar-refractivity contribution in [2.24, 2.45) is 0 Å². The van der Waals surface area contributed by atoms with Gasteiger partial charge >= 0.3 is 0 Å². The first-order valence-corrected chi connectivity index (χ1v) is 7.88. The number of aliphatic hydroxyl groups is 1. The molecule has 0 aliphatic rings. The molecular weight excluding hydrogens is 262 g/mol. The van der Waals surface area contributed by atoms with Crippen molar-refractivity contribution in [1.29, 1.82) is 0 Å².